The van der Waals surface area contributed by atoms with Crippen LogP contribution in [0.1, 0.15) is 19.8 Å². The number of carbonyl (C=O) groups is 2. The van der Waals surface area contributed by atoms with Crippen molar-refractivity contribution in [1.29, 1.82) is 0 Å². The molecular weight excluding hydrogens is 192 g/mol. The molecule has 0 aliphatic carbocycles. The molecule has 0 bridgehead atoms. The summed E-state index contributed by atoms with van der Waals surface area (Å²) < 4.78 is 0. The van der Waals surface area contributed by atoms with E-state index in [4.69, 9.17) is 0 Å². The van der Waals surface area contributed by atoms with Gasteiger partial charge < -0.3 is 9.80 Å². The van der Waals surface area contributed by atoms with E-state index in [2.05, 4.69) is 11.8 Å². The zero-order valence-corrected chi connectivity index (χ0v) is 9.24. The van der Waals surface area contributed by atoms with Gasteiger partial charge in [-0.3, -0.25) is 9.59 Å². The van der Waals surface area contributed by atoms with Crippen molar-refractivity contribution in [3.63, 3.8) is 0 Å². The third-order valence-corrected chi connectivity index (χ3v) is 3.36. The lowest BCUT2D eigenvalue weighted by atomic mass is 10.1. The number of likely N-dealkylation sites (tertiary alicyclic amines) is 2. The zero-order chi connectivity index (χ0) is 10.8. The second-order valence-corrected chi connectivity index (χ2v) is 4.54. The number of rotatable bonds is 3. The van der Waals surface area contributed by atoms with Crippen molar-refractivity contribution in [2.75, 3.05) is 32.7 Å². The second-order valence-electron chi connectivity index (χ2n) is 4.54. The van der Waals surface area contributed by atoms with E-state index in [9.17, 15) is 9.59 Å². The largest absolute Gasteiger partial charge is 0.335 e. The Balaban J connectivity index is 1.83. The van der Waals surface area contributed by atoms with E-state index in [1.807, 2.05) is 0 Å². The summed E-state index contributed by atoms with van der Waals surface area (Å²) in [6.07, 6.45) is 1.29. The number of hydrogen-bond acceptors (Lipinski definition) is 3. The first-order valence-corrected chi connectivity index (χ1v) is 5.71. The summed E-state index contributed by atoms with van der Waals surface area (Å²) in [5.41, 5.74) is 0. The molecular formula is C11H18N2O2. The van der Waals surface area contributed by atoms with Gasteiger partial charge in [0.15, 0.2) is 5.78 Å². The van der Waals surface area contributed by atoms with Crippen LogP contribution in [-0.2, 0) is 9.59 Å². The van der Waals surface area contributed by atoms with Gasteiger partial charge in [0.05, 0.1) is 13.0 Å². The molecule has 0 N–H and O–H groups in total. The lowest BCUT2D eigenvalue weighted by Gasteiger charge is -2.19. The summed E-state index contributed by atoms with van der Waals surface area (Å²) >= 11 is 0. The summed E-state index contributed by atoms with van der Waals surface area (Å²) in [5, 5.41) is 0. The summed E-state index contributed by atoms with van der Waals surface area (Å²) in [4.78, 5) is 26.6. The standard InChI is InChI=1S/C11H18N2O2/c1-2-12-4-3-9(6-12)7-13-8-10(14)5-11(13)15/h9H,2-8H2,1H3. The highest BCUT2D eigenvalue weighted by atomic mass is 16.2. The van der Waals surface area contributed by atoms with Crippen LogP contribution in [0.15, 0.2) is 0 Å². The third kappa shape index (κ3) is 2.37. The maximum absolute atomic E-state index is 11.4. The molecule has 2 aliphatic rings. The van der Waals surface area contributed by atoms with Gasteiger partial charge in [-0.05, 0) is 25.4 Å². The number of nitrogens with zero attached hydrogens (tertiary/aromatic N) is 2. The fourth-order valence-corrected chi connectivity index (χ4v) is 2.46. The first-order valence-electron chi connectivity index (χ1n) is 5.71. The first kappa shape index (κ1) is 10.6. The van der Waals surface area contributed by atoms with Crippen molar-refractivity contribution in [3.8, 4) is 0 Å². The SMILES string of the molecule is CCN1CCC(CN2CC(=O)CC2=O)C1. The molecule has 0 saturated carbocycles. The van der Waals surface area contributed by atoms with Crippen LogP contribution in [0.25, 0.3) is 0 Å². The molecule has 2 saturated heterocycles. The molecule has 2 fully saturated rings. The van der Waals surface area contributed by atoms with E-state index >= 15 is 0 Å². The smallest absolute Gasteiger partial charge is 0.230 e. The number of ketones is 1. The summed E-state index contributed by atoms with van der Waals surface area (Å²) in [6.45, 7) is 6.59. The van der Waals surface area contributed by atoms with Crippen molar-refractivity contribution in [3.05, 3.63) is 0 Å². The number of hydrogen-bond donors (Lipinski definition) is 0. The lowest BCUT2D eigenvalue weighted by molar-refractivity contribution is -0.128. The van der Waals surface area contributed by atoms with Crippen LogP contribution in [0.3, 0.4) is 0 Å². The minimum atomic E-state index is 0.0231. The summed E-state index contributed by atoms with van der Waals surface area (Å²) in [5.74, 6) is 0.667. The molecule has 0 aromatic rings. The highest BCUT2D eigenvalue weighted by Crippen LogP contribution is 2.19. The predicted molar refractivity (Wildman–Crippen MR) is 56.4 cm³/mol. The van der Waals surface area contributed by atoms with Gasteiger partial charge in [-0.25, -0.2) is 0 Å². The summed E-state index contributed by atoms with van der Waals surface area (Å²) in [6, 6.07) is 0. The topological polar surface area (TPSA) is 40.6 Å². The van der Waals surface area contributed by atoms with Gasteiger partial charge in [0, 0.05) is 13.1 Å². The van der Waals surface area contributed by atoms with E-state index in [0.29, 0.717) is 12.5 Å². The maximum Gasteiger partial charge on any atom is 0.230 e. The summed E-state index contributed by atoms with van der Waals surface area (Å²) in [7, 11) is 0. The van der Waals surface area contributed by atoms with E-state index in [1.165, 1.54) is 0 Å². The molecule has 1 atom stereocenters. The van der Waals surface area contributed by atoms with E-state index in [1.54, 1.807) is 4.90 Å². The molecule has 0 spiro atoms. The Labute approximate surface area is 90.2 Å². The quantitative estimate of drug-likeness (QED) is 0.622. The molecule has 84 valence electrons. The van der Waals surface area contributed by atoms with Crippen molar-refractivity contribution in [2.24, 2.45) is 5.92 Å². The lowest BCUT2D eigenvalue weighted by Crippen LogP contribution is -2.32. The average Bonchev–Trinajstić information content (AvgIpc) is 2.75. The van der Waals surface area contributed by atoms with E-state index in [-0.39, 0.29) is 18.1 Å². The maximum atomic E-state index is 11.4. The molecule has 2 aliphatic heterocycles. The number of amides is 1. The van der Waals surface area contributed by atoms with Crippen LogP contribution in [-0.4, -0.2) is 54.2 Å². The zero-order valence-electron chi connectivity index (χ0n) is 9.24. The van der Waals surface area contributed by atoms with Gasteiger partial charge in [0.25, 0.3) is 0 Å². The average molecular weight is 210 g/mol. The van der Waals surface area contributed by atoms with Crippen LogP contribution >= 0.6 is 0 Å². The highest BCUT2D eigenvalue weighted by Gasteiger charge is 2.31. The van der Waals surface area contributed by atoms with Crippen LogP contribution in [0, 0.1) is 5.92 Å². The van der Waals surface area contributed by atoms with Gasteiger partial charge in [-0.2, -0.15) is 0 Å². The molecule has 2 heterocycles. The first-order chi connectivity index (χ1) is 7.19. The Morgan fingerprint density at radius 2 is 2.20 bits per heavy atom. The predicted octanol–water partition coefficient (Wildman–Crippen LogP) is 0.130. The molecule has 15 heavy (non-hydrogen) atoms. The van der Waals surface area contributed by atoms with Gasteiger partial charge in [-0.15, -0.1) is 0 Å². The van der Waals surface area contributed by atoms with Gasteiger partial charge >= 0.3 is 0 Å². The molecule has 0 aromatic carbocycles. The highest BCUT2D eigenvalue weighted by molar-refractivity contribution is 6.05. The molecule has 0 aromatic heterocycles. The third-order valence-electron chi connectivity index (χ3n) is 3.36. The molecule has 2 rings (SSSR count). The van der Waals surface area contributed by atoms with Gasteiger partial charge in [0.2, 0.25) is 5.91 Å². The fourth-order valence-electron chi connectivity index (χ4n) is 2.46. The van der Waals surface area contributed by atoms with Crippen LogP contribution in [0.2, 0.25) is 0 Å². The van der Waals surface area contributed by atoms with Crippen LogP contribution in [0.5, 0.6) is 0 Å². The minimum Gasteiger partial charge on any atom is -0.335 e. The number of Topliss-reactive ketones (excluding diaryl/α,β-unsaturated/α-hetero) is 1. The number of carbonyl (C=O) groups excluding carboxylic acids is 2. The van der Waals surface area contributed by atoms with Crippen molar-refractivity contribution >= 4 is 11.7 Å². The normalized spacial score (nSPS) is 28.1. The monoisotopic (exact) mass is 210 g/mol. The Hall–Kier alpha value is -0.900. The second kappa shape index (κ2) is 4.31. The van der Waals surface area contributed by atoms with E-state index in [0.717, 1.165) is 32.6 Å². The fraction of sp³-hybridized carbons (Fsp3) is 0.818. The minimum absolute atomic E-state index is 0.0231. The Bertz CT molecular complexity index is 278. The molecule has 4 nitrogen and oxygen atoms in total. The van der Waals surface area contributed by atoms with Crippen LogP contribution in [0.4, 0.5) is 0 Å². The van der Waals surface area contributed by atoms with Gasteiger partial charge in [-0.1, -0.05) is 6.92 Å². The Morgan fingerprint density at radius 3 is 2.73 bits per heavy atom. The van der Waals surface area contributed by atoms with Crippen molar-refractivity contribution in [1.82, 2.24) is 9.80 Å². The van der Waals surface area contributed by atoms with Crippen molar-refractivity contribution in [2.45, 2.75) is 19.8 Å². The molecule has 0 radical (unpaired) electrons. The van der Waals surface area contributed by atoms with E-state index < -0.39 is 0 Å². The van der Waals surface area contributed by atoms with Crippen LogP contribution < -0.4 is 0 Å². The molecule has 4 heteroatoms. The Kier molecular flexibility index (Phi) is 3.05. The molecule has 1 amide bonds. The Morgan fingerprint density at radius 1 is 1.40 bits per heavy atom. The van der Waals surface area contributed by atoms with Gasteiger partial charge in [0.1, 0.15) is 0 Å². The van der Waals surface area contributed by atoms with Crippen molar-refractivity contribution < 1.29 is 9.59 Å². The molecule has 1 unspecified atom stereocenters.